The molecule has 0 fully saturated rings. The Morgan fingerprint density at radius 1 is 1.50 bits per heavy atom. The number of hydrogen-bond acceptors (Lipinski definition) is 3. The predicted octanol–water partition coefficient (Wildman–Crippen LogP) is 2.40. The van der Waals surface area contributed by atoms with Gasteiger partial charge < -0.3 is 15.4 Å². The zero-order chi connectivity index (χ0) is 14.4. The number of nitrogens with zero attached hydrogens (tertiary/aromatic N) is 2. The van der Waals surface area contributed by atoms with Crippen molar-refractivity contribution in [2.45, 2.75) is 0 Å². The van der Waals surface area contributed by atoms with Crippen molar-refractivity contribution in [3.63, 3.8) is 0 Å². The maximum absolute atomic E-state index is 11.8. The van der Waals surface area contributed by atoms with Gasteiger partial charge in [-0.1, -0.05) is 15.9 Å². The molecule has 2 N–H and O–H groups in total. The molecule has 0 radical (unpaired) electrons. The minimum atomic E-state index is -0.284. The molecule has 0 aliphatic rings. The number of hydrogen-bond donors (Lipinski definition) is 2. The third kappa shape index (κ3) is 3.82. The van der Waals surface area contributed by atoms with Gasteiger partial charge in [-0.15, -0.1) is 0 Å². The Morgan fingerprint density at radius 2 is 2.35 bits per heavy atom. The number of benzene rings is 1. The number of rotatable bonds is 5. The summed E-state index contributed by atoms with van der Waals surface area (Å²) in [5.74, 6) is 0. The van der Waals surface area contributed by atoms with Crippen LogP contribution in [0.2, 0.25) is 0 Å². The van der Waals surface area contributed by atoms with Gasteiger partial charge >= 0.3 is 6.03 Å². The van der Waals surface area contributed by atoms with E-state index in [1.807, 2.05) is 30.5 Å². The number of carbonyl (C=O) groups excluding carboxylic acids is 1. The number of ether oxygens (including phenoxy) is 1. The first-order chi connectivity index (χ1) is 9.70. The summed E-state index contributed by atoms with van der Waals surface area (Å²) in [5, 5.41) is 9.68. The van der Waals surface area contributed by atoms with Gasteiger partial charge in [-0.25, -0.2) is 9.48 Å². The van der Waals surface area contributed by atoms with Crippen LogP contribution < -0.4 is 10.6 Å². The van der Waals surface area contributed by atoms with Gasteiger partial charge in [0.05, 0.1) is 18.0 Å². The molecular formula is C13H15BrN4O2. The van der Waals surface area contributed by atoms with Gasteiger partial charge in [-0.05, 0) is 24.3 Å². The fourth-order valence-electron chi connectivity index (χ4n) is 1.65. The molecule has 0 bridgehead atoms. The fraction of sp³-hybridized carbons (Fsp3) is 0.231. The summed E-state index contributed by atoms with van der Waals surface area (Å²) in [6, 6.07) is 7.14. The molecule has 2 aromatic rings. The molecule has 0 saturated heterocycles. The van der Waals surface area contributed by atoms with Crippen LogP contribution in [0.5, 0.6) is 0 Å². The molecule has 2 rings (SSSR count). The molecule has 106 valence electrons. The molecule has 2 amide bonds. The van der Waals surface area contributed by atoms with Gasteiger partial charge in [0, 0.05) is 30.5 Å². The van der Waals surface area contributed by atoms with Crippen molar-refractivity contribution in [3.05, 3.63) is 41.1 Å². The highest BCUT2D eigenvalue weighted by molar-refractivity contribution is 9.10. The lowest BCUT2D eigenvalue weighted by Gasteiger charge is -2.12. The number of anilines is 1. The first-order valence-electron chi connectivity index (χ1n) is 6.04. The molecule has 0 atom stereocenters. The van der Waals surface area contributed by atoms with Crippen LogP contribution >= 0.6 is 15.9 Å². The van der Waals surface area contributed by atoms with Gasteiger partial charge in [0.1, 0.15) is 0 Å². The highest BCUT2D eigenvalue weighted by Crippen LogP contribution is 2.24. The molecule has 1 heterocycles. The summed E-state index contributed by atoms with van der Waals surface area (Å²) in [6.45, 7) is 0.922. The highest BCUT2D eigenvalue weighted by atomic mass is 79.9. The fourth-order valence-corrected chi connectivity index (χ4v) is 2.01. The SMILES string of the molecule is COCCNC(=O)Nc1cc(Br)ccc1-n1cccn1. The van der Waals surface area contributed by atoms with Crippen molar-refractivity contribution in [1.29, 1.82) is 0 Å². The predicted molar refractivity (Wildman–Crippen MR) is 80.2 cm³/mol. The largest absolute Gasteiger partial charge is 0.383 e. The molecule has 1 aromatic heterocycles. The van der Waals surface area contributed by atoms with E-state index in [-0.39, 0.29) is 6.03 Å². The molecule has 0 saturated carbocycles. The van der Waals surface area contributed by atoms with E-state index in [0.717, 1.165) is 10.2 Å². The van der Waals surface area contributed by atoms with E-state index in [1.54, 1.807) is 18.0 Å². The van der Waals surface area contributed by atoms with Crippen molar-refractivity contribution < 1.29 is 9.53 Å². The zero-order valence-electron chi connectivity index (χ0n) is 11.0. The quantitative estimate of drug-likeness (QED) is 0.822. The number of aromatic nitrogens is 2. The Labute approximate surface area is 125 Å². The van der Waals surface area contributed by atoms with E-state index in [0.29, 0.717) is 18.8 Å². The Kier molecular flexibility index (Phi) is 5.14. The maximum atomic E-state index is 11.8. The maximum Gasteiger partial charge on any atom is 0.319 e. The summed E-state index contributed by atoms with van der Waals surface area (Å²) in [5.41, 5.74) is 1.46. The third-order valence-electron chi connectivity index (χ3n) is 2.55. The summed E-state index contributed by atoms with van der Waals surface area (Å²) in [4.78, 5) is 11.8. The van der Waals surface area contributed by atoms with Gasteiger partial charge in [-0.2, -0.15) is 5.10 Å². The van der Waals surface area contributed by atoms with Crippen molar-refractivity contribution >= 4 is 27.6 Å². The summed E-state index contributed by atoms with van der Waals surface area (Å²) in [7, 11) is 1.59. The van der Waals surface area contributed by atoms with Crippen molar-refractivity contribution in [2.75, 3.05) is 25.6 Å². The second-order valence-corrected chi connectivity index (χ2v) is 4.90. The van der Waals surface area contributed by atoms with Crippen LogP contribution in [0.4, 0.5) is 10.5 Å². The second kappa shape index (κ2) is 7.06. The first-order valence-corrected chi connectivity index (χ1v) is 6.83. The molecule has 20 heavy (non-hydrogen) atoms. The van der Waals surface area contributed by atoms with Crippen LogP contribution in [0.25, 0.3) is 5.69 Å². The Morgan fingerprint density at radius 3 is 3.05 bits per heavy atom. The van der Waals surface area contributed by atoms with Crippen LogP contribution in [0, 0.1) is 0 Å². The zero-order valence-corrected chi connectivity index (χ0v) is 12.6. The number of nitrogens with one attached hydrogen (secondary N) is 2. The van der Waals surface area contributed by atoms with Crippen LogP contribution in [-0.4, -0.2) is 36.1 Å². The Balaban J connectivity index is 2.14. The van der Waals surface area contributed by atoms with E-state index in [4.69, 9.17) is 4.74 Å². The molecular weight excluding hydrogens is 324 g/mol. The van der Waals surface area contributed by atoms with E-state index in [9.17, 15) is 4.79 Å². The summed E-state index contributed by atoms with van der Waals surface area (Å²) >= 11 is 3.39. The van der Waals surface area contributed by atoms with E-state index >= 15 is 0 Å². The Hall–Kier alpha value is -1.86. The van der Waals surface area contributed by atoms with Gasteiger partial charge in [0.2, 0.25) is 0 Å². The molecule has 0 spiro atoms. The average molecular weight is 339 g/mol. The van der Waals surface area contributed by atoms with Crippen LogP contribution in [0.1, 0.15) is 0 Å². The lowest BCUT2D eigenvalue weighted by molar-refractivity contribution is 0.198. The van der Waals surface area contributed by atoms with Crippen LogP contribution in [0.3, 0.4) is 0 Å². The number of carbonyl (C=O) groups is 1. The minimum Gasteiger partial charge on any atom is -0.383 e. The lowest BCUT2D eigenvalue weighted by atomic mass is 10.2. The standard InChI is InChI=1S/C13H15BrN4O2/c1-20-8-6-15-13(19)17-11-9-10(14)3-4-12(11)18-7-2-5-16-18/h2-5,7,9H,6,8H2,1H3,(H2,15,17,19). The monoisotopic (exact) mass is 338 g/mol. The van der Waals surface area contributed by atoms with Crippen LogP contribution in [-0.2, 0) is 4.74 Å². The molecule has 0 aliphatic heterocycles. The minimum absolute atomic E-state index is 0.284. The Bertz CT molecular complexity index is 572. The molecule has 7 heteroatoms. The first kappa shape index (κ1) is 14.5. The molecule has 0 unspecified atom stereocenters. The third-order valence-corrected chi connectivity index (χ3v) is 3.04. The van der Waals surface area contributed by atoms with E-state index < -0.39 is 0 Å². The van der Waals surface area contributed by atoms with Gasteiger partial charge in [0.25, 0.3) is 0 Å². The summed E-state index contributed by atoms with van der Waals surface area (Å²) in [6.07, 6.45) is 3.50. The number of methoxy groups -OCH3 is 1. The molecule has 6 nitrogen and oxygen atoms in total. The normalized spacial score (nSPS) is 10.3. The summed E-state index contributed by atoms with van der Waals surface area (Å²) < 4.78 is 7.45. The highest BCUT2D eigenvalue weighted by Gasteiger charge is 2.09. The van der Waals surface area contributed by atoms with Gasteiger partial charge in [0.15, 0.2) is 0 Å². The van der Waals surface area contributed by atoms with Crippen LogP contribution in [0.15, 0.2) is 41.1 Å². The van der Waals surface area contributed by atoms with E-state index in [2.05, 4.69) is 31.7 Å². The van der Waals surface area contributed by atoms with Crippen molar-refractivity contribution in [1.82, 2.24) is 15.1 Å². The average Bonchev–Trinajstić information content (AvgIpc) is 2.93. The smallest absolute Gasteiger partial charge is 0.319 e. The number of halogens is 1. The topological polar surface area (TPSA) is 68.2 Å². The number of amides is 2. The van der Waals surface area contributed by atoms with Gasteiger partial charge in [-0.3, -0.25) is 0 Å². The van der Waals surface area contributed by atoms with E-state index in [1.165, 1.54) is 0 Å². The van der Waals surface area contributed by atoms with Crippen molar-refractivity contribution in [3.8, 4) is 5.69 Å². The number of urea groups is 1. The lowest BCUT2D eigenvalue weighted by Crippen LogP contribution is -2.31. The molecule has 1 aromatic carbocycles. The second-order valence-electron chi connectivity index (χ2n) is 3.99. The molecule has 0 aliphatic carbocycles. The van der Waals surface area contributed by atoms with Crippen molar-refractivity contribution in [2.24, 2.45) is 0 Å².